The van der Waals surface area contributed by atoms with E-state index < -0.39 is 12.0 Å². The zero-order chi connectivity index (χ0) is 18.4. The summed E-state index contributed by atoms with van der Waals surface area (Å²) in [6.07, 6.45) is 2.96. The van der Waals surface area contributed by atoms with Gasteiger partial charge in [0.2, 0.25) is 0 Å². The summed E-state index contributed by atoms with van der Waals surface area (Å²) in [5.74, 6) is -1.32. The number of amides is 1. The number of carboxylic acids is 1. The van der Waals surface area contributed by atoms with E-state index in [9.17, 15) is 9.59 Å². The molecule has 1 atom stereocenters. The number of benzene rings is 2. The first-order valence-electron chi connectivity index (χ1n) is 8.26. The molecular weight excluding hydrogens is 330 g/mol. The van der Waals surface area contributed by atoms with Crippen LogP contribution in [-0.4, -0.2) is 26.8 Å². The number of hydrogen-bond acceptors (Lipinski definition) is 3. The van der Waals surface area contributed by atoms with Crippen LogP contribution in [0, 0.1) is 0 Å². The van der Waals surface area contributed by atoms with Crippen LogP contribution in [0.25, 0.3) is 0 Å². The molecule has 0 saturated carbocycles. The van der Waals surface area contributed by atoms with Gasteiger partial charge >= 0.3 is 5.97 Å². The van der Waals surface area contributed by atoms with Crippen molar-refractivity contribution in [2.45, 2.75) is 19.0 Å². The van der Waals surface area contributed by atoms with Gasteiger partial charge in [-0.05, 0) is 11.1 Å². The second kappa shape index (κ2) is 8.11. The van der Waals surface area contributed by atoms with Crippen LogP contribution in [0.3, 0.4) is 0 Å². The summed E-state index contributed by atoms with van der Waals surface area (Å²) >= 11 is 0. The van der Waals surface area contributed by atoms with E-state index in [1.165, 1.54) is 6.20 Å². The van der Waals surface area contributed by atoms with Crippen LogP contribution in [0.15, 0.2) is 73.1 Å². The summed E-state index contributed by atoms with van der Waals surface area (Å²) in [7, 11) is 0. The lowest BCUT2D eigenvalue weighted by atomic mass is 10.0. The number of nitrogens with one attached hydrogen (secondary N) is 1. The van der Waals surface area contributed by atoms with Gasteiger partial charge in [-0.1, -0.05) is 60.7 Å². The third-order valence-corrected chi connectivity index (χ3v) is 3.97. The summed E-state index contributed by atoms with van der Waals surface area (Å²) in [6, 6.07) is 18.3. The second-order valence-electron chi connectivity index (χ2n) is 5.95. The molecule has 0 aliphatic carbocycles. The Morgan fingerprint density at radius 3 is 2.35 bits per heavy atom. The molecule has 6 heteroatoms. The lowest BCUT2D eigenvalue weighted by molar-refractivity contribution is -0.137. The molecule has 1 amide bonds. The highest BCUT2D eigenvalue weighted by Crippen LogP contribution is 2.17. The fourth-order valence-electron chi connectivity index (χ4n) is 2.69. The number of aliphatic carboxylic acids is 1. The number of carbonyl (C=O) groups excluding carboxylic acids is 1. The predicted molar refractivity (Wildman–Crippen MR) is 96.7 cm³/mol. The van der Waals surface area contributed by atoms with Crippen LogP contribution in [0.5, 0.6) is 0 Å². The summed E-state index contributed by atoms with van der Waals surface area (Å²) in [5, 5.41) is 16.1. The minimum atomic E-state index is -0.973. The van der Waals surface area contributed by atoms with E-state index in [0.717, 1.165) is 11.1 Å². The highest BCUT2D eigenvalue weighted by Gasteiger charge is 2.19. The van der Waals surface area contributed by atoms with E-state index in [4.69, 9.17) is 5.11 Å². The number of carbonyl (C=O) groups is 2. The van der Waals surface area contributed by atoms with Crippen molar-refractivity contribution < 1.29 is 14.7 Å². The molecule has 0 aliphatic heterocycles. The number of rotatable bonds is 7. The van der Waals surface area contributed by atoms with Crippen molar-refractivity contribution in [3.8, 4) is 0 Å². The lowest BCUT2D eigenvalue weighted by Crippen LogP contribution is -2.30. The van der Waals surface area contributed by atoms with Crippen LogP contribution in [0.2, 0.25) is 0 Å². The Bertz CT molecular complexity index is 876. The maximum absolute atomic E-state index is 12.5. The standard InChI is InChI=1S/C20H19N3O3/c24-19(25)11-18(16-9-5-2-6-10-16)22-20(26)17-12-21-23(14-17)13-15-7-3-1-4-8-15/h1-10,12,14,18H,11,13H2,(H,22,26)(H,24,25). The van der Waals surface area contributed by atoms with Crippen molar-refractivity contribution in [3.63, 3.8) is 0 Å². The van der Waals surface area contributed by atoms with Crippen molar-refractivity contribution >= 4 is 11.9 Å². The number of nitrogens with zero attached hydrogens (tertiary/aromatic N) is 2. The maximum atomic E-state index is 12.5. The minimum absolute atomic E-state index is 0.187. The van der Waals surface area contributed by atoms with E-state index in [1.54, 1.807) is 23.0 Å². The lowest BCUT2D eigenvalue weighted by Gasteiger charge is -2.16. The number of aromatic nitrogens is 2. The van der Waals surface area contributed by atoms with E-state index >= 15 is 0 Å². The highest BCUT2D eigenvalue weighted by molar-refractivity contribution is 5.94. The molecule has 0 bridgehead atoms. The third kappa shape index (κ3) is 4.57. The van der Waals surface area contributed by atoms with Crippen LogP contribution < -0.4 is 5.32 Å². The summed E-state index contributed by atoms with van der Waals surface area (Å²) in [6.45, 7) is 0.561. The van der Waals surface area contributed by atoms with Gasteiger partial charge < -0.3 is 10.4 Å². The molecule has 0 radical (unpaired) electrons. The summed E-state index contributed by atoms with van der Waals surface area (Å²) < 4.78 is 1.68. The number of carboxylic acid groups (broad SMARTS) is 1. The molecule has 2 N–H and O–H groups in total. The van der Waals surface area contributed by atoms with Crippen molar-refractivity contribution in [1.82, 2.24) is 15.1 Å². The van der Waals surface area contributed by atoms with Gasteiger partial charge in [-0.3, -0.25) is 14.3 Å². The van der Waals surface area contributed by atoms with Gasteiger partial charge in [0.25, 0.3) is 5.91 Å². The molecule has 0 aliphatic rings. The van der Waals surface area contributed by atoms with Crippen molar-refractivity contribution in [2.75, 3.05) is 0 Å². The molecule has 2 aromatic carbocycles. The topological polar surface area (TPSA) is 84.2 Å². The monoisotopic (exact) mass is 349 g/mol. The zero-order valence-corrected chi connectivity index (χ0v) is 14.1. The molecular formula is C20H19N3O3. The molecule has 1 unspecified atom stereocenters. The summed E-state index contributed by atoms with van der Waals surface area (Å²) in [5.41, 5.74) is 2.22. The smallest absolute Gasteiger partial charge is 0.305 e. The van der Waals surface area contributed by atoms with Gasteiger partial charge in [-0.2, -0.15) is 5.10 Å². The Morgan fingerprint density at radius 2 is 1.69 bits per heavy atom. The normalized spacial score (nSPS) is 11.7. The van der Waals surface area contributed by atoms with Crippen molar-refractivity contribution in [2.24, 2.45) is 0 Å². The Hall–Kier alpha value is -3.41. The first-order valence-corrected chi connectivity index (χ1v) is 8.26. The average Bonchev–Trinajstić information content (AvgIpc) is 3.11. The van der Waals surface area contributed by atoms with Gasteiger partial charge in [0, 0.05) is 6.20 Å². The van der Waals surface area contributed by atoms with Crippen LogP contribution in [0.4, 0.5) is 0 Å². The van der Waals surface area contributed by atoms with Crippen LogP contribution in [-0.2, 0) is 11.3 Å². The Labute approximate surface area is 151 Å². The zero-order valence-electron chi connectivity index (χ0n) is 14.1. The fraction of sp³-hybridized carbons (Fsp3) is 0.150. The molecule has 0 spiro atoms. The van der Waals surface area contributed by atoms with E-state index in [2.05, 4.69) is 10.4 Å². The maximum Gasteiger partial charge on any atom is 0.305 e. The van der Waals surface area contributed by atoms with Crippen molar-refractivity contribution in [1.29, 1.82) is 0 Å². The Kier molecular flexibility index (Phi) is 5.43. The van der Waals surface area contributed by atoms with E-state index in [0.29, 0.717) is 12.1 Å². The molecule has 6 nitrogen and oxygen atoms in total. The molecule has 0 saturated heterocycles. The SMILES string of the molecule is O=C(O)CC(NC(=O)c1cnn(Cc2ccccc2)c1)c1ccccc1. The first kappa shape index (κ1) is 17.4. The molecule has 3 aromatic rings. The van der Waals surface area contributed by atoms with Gasteiger partial charge in [0.15, 0.2) is 0 Å². The van der Waals surface area contributed by atoms with E-state index in [-0.39, 0.29) is 12.3 Å². The van der Waals surface area contributed by atoms with Gasteiger partial charge in [0.1, 0.15) is 0 Å². The molecule has 3 rings (SSSR count). The van der Waals surface area contributed by atoms with Gasteiger partial charge in [0.05, 0.1) is 30.8 Å². The predicted octanol–water partition coefficient (Wildman–Crippen LogP) is 2.88. The van der Waals surface area contributed by atoms with Gasteiger partial charge in [-0.25, -0.2) is 0 Å². The average molecular weight is 349 g/mol. The molecule has 1 heterocycles. The Morgan fingerprint density at radius 1 is 1.04 bits per heavy atom. The summed E-state index contributed by atoms with van der Waals surface area (Å²) in [4.78, 5) is 23.7. The number of hydrogen-bond donors (Lipinski definition) is 2. The molecule has 26 heavy (non-hydrogen) atoms. The van der Waals surface area contributed by atoms with Crippen LogP contribution in [0.1, 0.15) is 33.9 Å². The third-order valence-electron chi connectivity index (χ3n) is 3.97. The minimum Gasteiger partial charge on any atom is -0.481 e. The molecule has 1 aromatic heterocycles. The Balaban J connectivity index is 1.71. The second-order valence-corrected chi connectivity index (χ2v) is 5.95. The quantitative estimate of drug-likeness (QED) is 0.687. The van der Waals surface area contributed by atoms with Gasteiger partial charge in [-0.15, -0.1) is 0 Å². The largest absolute Gasteiger partial charge is 0.481 e. The van der Waals surface area contributed by atoms with Crippen molar-refractivity contribution in [3.05, 3.63) is 89.7 Å². The van der Waals surface area contributed by atoms with Crippen LogP contribution >= 0.6 is 0 Å². The molecule has 132 valence electrons. The highest BCUT2D eigenvalue weighted by atomic mass is 16.4. The fourth-order valence-corrected chi connectivity index (χ4v) is 2.69. The van der Waals surface area contributed by atoms with E-state index in [1.807, 2.05) is 48.5 Å². The molecule has 0 fully saturated rings. The first-order chi connectivity index (χ1) is 12.6.